The molecule has 0 unspecified atom stereocenters. The highest BCUT2D eigenvalue weighted by molar-refractivity contribution is 9.10. The van der Waals surface area contributed by atoms with E-state index in [9.17, 15) is 9.59 Å². The Morgan fingerprint density at radius 1 is 1.38 bits per heavy atom. The first-order valence-electron chi connectivity index (χ1n) is 6.97. The Morgan fingerprint density at radius 2 is 2.05 bits per heavy atom. The first-order valence-corrected chi connectivity index (χ1v) is 7.76. The summed E-state index contributed by atoms with van der Waals surface area (Å²) in [6.45, 7) is 3.41. The molecule has 1 fully saturated rings. The number of carbonyl (C=O) groups is 2. The van der Waals surface area contributed by atoms with Gasteiger partial charge in [0.25, 0.3) is 5.91 Å². The van der Waals surface area contributed by atoms with Gasteiger partial charge in [0, 0.05) is 23.2 Å². The SMILES string of the molecule is CC1CCN(C(=O)COC(=O)c2cc(Br)ccc2N)CC1. The van der Waals surface area contributed by atoms with Gasteiger partial charge >= 0.3 is 5.97 Å². The van der Waals surface area contributed by atoms with Gasteiger partial charge in [-0.3, -0.25) is 4.79 Å². The summed E-state index contributed by atoms with van der Waals surface area (Å²) in [7, 11) is 0. The van der Waals surface area contributed by atoms with E-state index in [1.165, 1.54) is 0 Å². The van der Waals surface area contributed by atoms with Crippen LogP contribution >= 0.6 is 15.9 Å². The quantitative estimate of drug-likeness (QED) is 0.668. The number of hydrogen-bond acceptors (Lipinski definition) is 4. The predicted molar refractivity (Wildman–Crippen MR) is 83.8 cm³/mol. The number of nitrogens with zero attached hydrogens (tertiary/aromatic N) is 1. The fraction of sp³-hybridized carbons (Fsp3) is 0.467. The van der Waals surface area contributed by atoms with Crippen molar-refractivity contribution in [3.8, 4) is 0 Å². The molecule has 2 N–H and O–H groups in total. The Morgan fingerprint density at radius 3 is 2.71 bits per heavy atom. The van der Waals surface area contributed by atoms with Crippen molar-refractivity contribution in [3.05, 3.63) is 28.2 Å². The number of rotatable bonds is 3. The molecule has 114 valence electrons. The molecule has 5 nitrogen and oxygen atoms in total. The Bertz CT molecular complexity index is 540. The minimum atomic E-state index is -0.576. The zero-order valence-electron chi connectivity index (χ0n) is 12.0. The second-order valence-corrected chi connectivity index (χ2v) is 6.29. The van der Waals surface area contributed by atoms with Crippen LogP contribution in [-0.2, 0) is 9.53 Å². The molecule has 1 amide bonds. The summed E-state index contributed by atoms with van der Waals surface area (Å²) in [6, 6.07) is 4.95. The molecular weight excluding hydrogens is 336 g/mol. The highest BCUT2D eigenvalue weighted by Gasteiger charge is 2.22. The monoisotopic (exact) mass is 354 g/mol. The number of esters is 1. The number of nitrogen functional groups attached to an aromatic ring is 1. The van der Waals surface area contributed by atoms with Crippen LogP contribution in [0.2, 0.25) is 0 Å². The lowest BCUT2D eigenvalue weighted by atomic mass is 9.99. The summed E-state index contributed by atoms with van der Waals surface area (Å²) < 4.78 is 5.81. The zero-order chi connectivity index (χ0) is 15.4. The van der Waals surface area contributed by atoms with Gasteiger partial charge in [-0.15, -0.1) is 0 Å². The lowest BCUT2D eigenvalue weighted by Gasteiger charge is -2.30. The fourth-order valence-electron chi connectivity index (χ4n) is 2.26. The highest BCUT2D eigenvalue weighted by atomic mass is 79.9. The number of hydrogen-bond donors (Lipinski definition) is 1. The maximum atomic E-state index is 12.0. The van der Waals surface area contributed by atoms with Gasteiger partial charge in [-0.2, -0.15) is 0 Å². The lowest BCUT2D eigenvalue weighted by molar-refractivity contribution is -0.135. The minimum Gasteiger partial charge on any atom is -0.452 e. The average Bonchev–Trinajstić information content (AvgIpc) is 2.47. The van der Waals surface area contributed by atoms with Crippen LogP contribution in [0, 0.1) is 5.92 Å². The smallest absolute Gasteiger partial charge is 0.340 e. The molecule has 1 aromatic rings. The molecule has 0 atom stereocenters. The molecule has 2 rings (SSSR count). The van der Waals surface area contributed by atoms with Crippen LogP contribution in [0.1, 0.15) is 30.1 Å². The van der Waals surface area contributed by atoms with E-state index in [0.717, 1.165) is 30.4 Å². The van der Waals surface area contributed by atoms with E-state index in [-0.39, 0.29) is 18.1 Å². The Labute approximate surface area is 132 Å². The second kappa shape index (κ2) is 6.93. The third kappa shape index (κ3) is 4.20. The van der Waals surface area contributed by atoms with Crippen molar-refractivity contribution in [1.82, 2.24) is 4.90 Å². The lowest BCUT2D eigenvalue weighted by Crippen LogP contribution is -2.40. The molecule has 1 aliphatic rings. The molecule has 0 aromatic heterocycles. The van der Waals surface area contributed by atoms with Gasteiger partial charge in [0.1, 0.15) is 0 Å². The van der Waals surface area contributed by atoms with E-state index in [2.05, 4.69) is 22.9 Å². The summed E-state index contributed by atoms with van der Waals surface area (Å²) in [5, 5.41) is 0. The summed E-state index contributed by atoms with van der Waals surface area (Å²) in [4.78, 5) is 25.7. The fourth-order valence-corrected chi connectivity index (χ4v) is 2.62. The van der Waals surface area contributed by atoms with Crippen molar-refractivity contribution >= 4 is 33.5 Å². The van der Waals surface area contributed by atoms with Gasteiger partial charge in [-0.25, -0.2) is 4.79 Å². The van der Waals surface area contributed by atoms with E-state index < -0.39 is 5.97 Å². The van der Waals surface area contributed by atoms with Crippen LogP contribution in [0.5, 0.6) is 0 Å². The van der Waals surface area contributed by atoms with Gasteiger partial charge in [-0.05, 0) is 37.0 Å². The minimum absolute atomic E-state index is 0.149. The van der Waals surface area contributed by atoms with Crippen LogP contribution < -0.4 is 5.73 Å². The van der Waals surface area contributed by atoms with Crippen molar-refractivity contribution in [3.63, 3.8) is 0 Å². The molecule has 0 spiro atoms. The number of anilines is 1. The van der Waals surface area contributed by atoms with Crippen LogP contribution in [0.3, 0.4) is 0 Å². The van der Waals surface area contributed by atoms with Crippen molar-refractivity contribution < 1.29 is 14.3 Å². The van der Waals surface area contributed by atoms with E-state index in [1.54, 1.807) is 23.1 Å². The summed E-state index contributed by atoms with van der Waals surface area (Å²) in [5.41, 5.74) is 6.34. The van der Waals surface area contributed by atoms with Crippen molar-refractivity contribution in [1.29, 1.82) is 0 Å². The van der Waals surface area contributed by atoms with Gasteiger partial charge in [0.2, 0.25) is 0 Å². The molecular formula is C15H19BrN2O3. The van der Waals surface area contributed by atoms with Crippen LogP contribution in [0.15, 0.2) is 22.7 Å². The van der Waals surface area contributed by atoms with Crippen molar-refractivity contribution in [2.45, 2.75) is 19.8 Å². The molecule has 1 saturated heterocycles. The standard InChI is InChI=1S/C15H19BrN2O3/c1-10-4-6-18(7-5-10)14(19)9-21-15(20)12-8-11(16)2-3-13(12)17/h2-3,8,10H,4-7,9,17H2,1H3. The largest absolute Gasteiger partial charge is 0.452 e. The third-order valence-corrected chi connectivity index (χ3v) is 4.19. The predicted octanol–water partition coefficient (Wildman–Crippen LogP) is 2.45. The third-order valence-electron chi connectivity index (χ3n) is 3.70. The maximum Gasteiger partial charge on any atom is 0.340 e. The van der Waals surface area contributed by atoms with Gasteiger partial charge in [-0.1, -0.05) is 22.9 Å². The Kier molecular flexibility index (Phi) is 5.22. The van der Waals surface area contributed by atoms with E-state index in [4.69, 9.17) is 10.5 Å². The van der Waals surface area contributed by atoms with Crippen molar-refractivity contribution in [2.24, 2.45) is 5.92 Å². The maximum absolute atomic E-state index is 12.0. The molecule has 0 bridgehead atoms. The van der Waals surface area contributed by atoms with E-state index in [0.29, 0.717) is 11.6 Å². The highest BCUT2D eigenvalue weighted by Crippen LogP contribution is 2.20. The summed E-state index contributed by atoms with van der Waals surface area (Å²) in [5.74, 6) is -0.0746. The number of likely N-dealkylation sites (tertiary alicyclic amines) is 1. The molecule has 0 aliphatic carbocycles. The Hall–Kier alpha value is -1.56. The average molecular weight is 355 g/mol. The van der Waals surface area contributed by atoms with Gasteiger partial charge in [0.15, 0.2) is 6.61 Å². The molecule has 21 heavy (non-hydrogen) atoms. The van der Waals surface area contributed by atoms with Gasteiger partial charge < -0.3 is 15.4 Å². The second-order valence-electron chi connectivity index (χ2n) is 5.37. The number of amides is 1. The number of benzene rings is 1. The zero-order valence-corrected chi connectivity index (χ0v) is 13.6. The Balaban J connectivity index is 1.89. The topological polar surface area (TPSA) is 72.6 Å². The van der Waals surface area contributed by atoms with Crippen LogP contribution in [0.4, 0.5) is 5.69 Å². The van der Waals surface area contributed by atoms with Crippen LogP contribution in [-0.4, -0.2) is 36.5 Å². The normalized spacial score (nSPS) is 15.8. The summed E-state index contributed by atoms with van der Waals surface area (Å²) in [6.07, 6.45) is 2.00. The summed E-state index contributed by atoms with van der Waals surface area (Å²) >= 11 is 3.27. The molecule has 0 saturated carbocycles. The molecule has 6 heteroatoms. The first-order chi connectivity index (χ1) is 9.97. The van der Waals surface area contributed by atoms with E-state index in [1.807, 2.05) is 0 Å². The molecule has 0 radical (unpaired) electrons. The van der Waals surface area contributed by atoms with Crippen LogP contribution in [0.25, 0.3) is 0 Å². The van der Waals surface area contributed by atoms with E-state index >= 15 is 0 Å². The number of carbonyl (C=O) groups excluding carboxylic acids is 2. The number of piperidine rings is 1. The number of halogens is 1. The first kappa shape index (κ1) is 15.8. The van der Waals surface area contributed by atoms with Crippen molar-refractivity contribution in [2.75, 3.05) is 25.4 Å². The molecule has 1 aliphatic heterocycles. The number of ether oxygens (including phenoxy) is 1. The number of nitrogens with two attached hydrogens (primary N) is 1. The van der Waals surface area contributed by atoms with Gasteiger partial charge in [0.05, 0.1) is 5.56 Å². The molecule has 1 heterocycles. The molecule has 1 aromatic carbocycles.